The average molecular weight is 440 g/mol. The van der Waals surface area contributed by atoms with Crippen molar-refractivity contribution in [1.29, 1.82) is 0 Å². The maximum Gasteiger partial charge on any atom is 0.412 e. The number of nitrogens with one attached hydrogen (secondary N) is 2. The first-order chi connectivity index (χ1) is 15.2. The fraction of sp³-hybridized carbons (Fsp3) is 0.364. The number of halogens is 1. The molecule has 4 rings (SSSR count). The maximum absolute atomic E-state index is 14.6. The van der Waals surface area contributed by atoms with Crippen LogP contribution in [0, 0.1) is 5.82 Å². The van der Waals surface area contributed by atoms with E-state index in [4.69, 9.17) is 4.74 Å². The Balaban J connectivity index is 1.55. The highest BCUT2D eigenvalue weighted by Crippen LogP contribution is 2.26. The number of carbonyl (C=O) groups excluding carboxylic acids is 2. The van der Waals surface area contributed by atoms with Crippen molar-refractivity contribution in [2.45, 2.75) is 39.2 Å². The molecule has 168 valence electrons. The summed E-state index contributed by atoms with van der Waals surface area (Å²) in [5, 5.41) is 5.42. The van der Waals surface area contributed by atoms with Gasteiger partial charge in [0.25, 0.3) is 0 Å². The number of ether oxygens (including phenoxy) is 1. The molecule has 3 aromatic rings. The molecule has 1 saturated heterocycles. The lowest BCUT2D eigenvalue weighted by molar-refractivity contribution is 0.0635. The number of imidazole rings is 1. The fourth-order valence-corrected chi connectivity index (χ4v) is 3.42. The number of nitrogens with zero attached hydrogens (tertiary/aromatic N) is 4. The van der Waals surface area contributed by atoms with Gasteiger partial charge in [0.2, 0.25) is 5.78 Å². The van der Waals surface area contributed by atoms with Gasteiger partial charge >= 0.3 is 12.1 Å². The minimum absolute atomic E-state index is 0.199. The Morgan fingerprint density at radius 1 is 1.09 bits per heavy atom. The van der Waals surface area contributed by atoms with Gasteiger partial charge in [0.05, 0.1) is 17.6 Å². The first kappa shape index (κ1) is 21.5. The van der Waals surface area contributed by atoms with Crippen molar-refractivity contribution in [3.8, 4) is 11.3 Å². The minimum Gasteiger partial charge on any atom is -0.444 e. The third kappa shape index (κ3) is 4.96. The topological polar surface area (TPSA) is 101 Å². The van der Waals surface area contributed by atoms with Gasteiger partial charge in [0, 0.05) is 36.7 Å². The lowest BCUT2D eigenvalue weighted by atomic mass is 10.1. The Morgan fingerprint density at radius 2 is 1.84 bits per heavy atom. The number of amides is 3. The summed E-state index contributed by atoms with van der Waals surface area (Å²) < 4.78 is 21.4. The summed E-state index contributed by atoms with van der Waals surface area (Å²) in [6.45, 7) is 6.75. The van der Waals surface area contributed by atoms with Crippen LogP contribution in [-0.2, 0) is 4.74 Å². The van der Waals surface area contributed by atoms with Crippen LogP contribution in [0.2, 0.25) is 0 Å². The lowest BCUT2D eigenvalue weighted by Crippen LogP contribution is -2.32. The quantitative estimate of drug-likeness (QED) is 0.624. The van der Waals surface area contributed by atoms with Crippen LogP contribution in [-0.4, -0.2) is 50.1 Å². The Kier molecular flexibility index (Phi) is 5.68. The van der Waals surface area contributed by atoms with Gasteiger partial charge in [-0.15, -0.1) is 0 Å². The molecule has 1 fully saturated rings. The summed E-state index contributed by atoms with van der Waals surface area (Å²) in [7, 11) is 0. The zero-order chi connectivity index (χ0) is 22.9. The second kappa shape index (κ2) is 8.45. The maximum atomic E-state index is 14.6. The SMILES string of the molecule is CC(C)(C)OC(=O)Nc1cnc2nc(-c3cc(NC(=O)N4CCCC4)ccc3F)cn2c1. The third-order valence-corrected chi connectivity index (χ3v) is 4.84. The van der Waals surface area contributed by atoms with Crippen LogP contribution in [0.25, 0.3) is 17.0 Å². The fourth-order valence-electron chi connectivity index (χ4n) is 3.42. The second-order valence-corrected chi connectivity index (χ2v) is 8.62. The van der Waals surface area contributed by atoms with E-state index in [0.29, 0.717) is 22.8 Å². The van der Waals surface area contributed by atoms with E-state index in [1.54, 1.807) is 48.5 Å². The summed E-state index contributed by atoms with van der Waals surface area (Å²) in [5.41, 5.74) is 0.840. The molecular weight excluding hydrogens is 415 g/mol. The molecule has 0 aliphatic carbocycles. The molecule has 2 N–H and O–H groups in total. The van der Waals surface area contributed by atoms with Crippen LogP contribution in [0.3, 0.4) is 0 Å². The van der Waals surface area contributed by atoms with E-state index in [2.05, 4.69) is 20.6 Å². The molecule has 0 bridgehead atoms. The van der Waals surface area contributed by atoms with E-state index in [1.807, 2.05) is 0 Å². The number of hydrogen-bond donors (Lipinski definition) is 2. The molecule has 0 radical (unpaired) electrons. The molecule has 3 amide bonds. The van der Waals surface area contributed by atoms with E-state index < -0.39 is 17.5 Å². The van der Waals surface area contributed by atoms with E-state index in [1.165, 1.54) is 18.3 Å². The van der Waals surface area contributed by atoms with Crippen molar-refractivity contribution in [2.75, 3.05) is 23.7 Å². The normalized spacial score (nSPS) is 13.9. The van der Waals surface area contributed by atoms with Gasteiger partial charge < -0.3 is 15.0 Å². The summed E-state index contributed by atoms with van der Waals surface area (Å²) in [4.78, 5) is 34.6. The van der Waals surface area contributed by atoms with Gasteiger partial charge in [-0.05, 0) is 51.8 Å². The molecule has 10 heteroatoms. The lowest BCUT2D eigenvalue weighted by Gasteiger charge is -2.19. The standard InChI is InChI=1S/C22H25FN6O3/c1-22(2,3)32-21(31)26-15-11-24-19-27-18(13-29(19)12-15)16-10-14(6-7-17(16)23)25-20(30)28-8-4-5-9-28/h6-7,10-13H,4-5,8-9H2,1-3H3,(H,25,30)(H,26,31). The smallest absolute Gasteiger partial charge is 0.412 e. The number of carbonyl (C=O) groups is 2. The Bertz CT molecular complexity index is 1160. The van der Waals surface area contributed by atoms with E-state index in [-0.39, 0.29) is 11.6 Å². The van der Waals surface area contributed by atoms with E-state index in [0.717, 1.165) is 25.9 Å². The Labute approximate surface area is 184 Å². The summed E-state index contributed by atoms with van der Waals surface area (Å²) >= 11 is 0. The van der Waals surface area contributed by atoms with Gasteiger partial charge in [0.15, 0.2) is 0 Å². The van der Waals surface area contributed by atoms with Crippen LogP contribution in [0.15, 0.2) is 36.8 Å². The molecule has 9 nitrogen and oxygen atoms in total. The van der Waals surface area contributed by atoms with Crippen molar-refractivity contribution < 1.29 is 18.7 Å². The predicted molar refractivity (Wildman–Crippen MR) is 118 cm³/mol. The second-order valence-electron chi connectivity index (χ2n) is 8.62. The van der Waals surface area contributed by atoms with E-state index in [9.17, 15) is 14.0 Å². The van der Waals surface area contributed by atoms with Gasteiger partial charge in [-0.3, -0.25) is 9.72 Å². The third-order valence-electron chi connectivity index (χ3n) is 4.84. The van der Waals surface area contributed by atoms with Crippen LogP contribution >= 0.6 is 0 Å². The van der Waals surface area contributed by atoms with Crippen molar-refractivity contribution in [3.05, 3.63) is 42.6 Å². The predicted octanol–water partition coefficient (Wildman–Crippen LogP) is 4.51. The summed E-state index contributed by atoms with van der Waals surface area (Å²) in [6.07, 6.45) is 6.03. The molecule has 2 aromatic heterocycles. The monoisotopic (exact) mass is 440 g/mol. The largest absolute Gasteiger partial charge is 0.444 e. The summed E-state index contributed by atoms with van der Waals surface area (Å²) in [5.74, 6) is -0.139. The van der Waals surface area contributed by atoms with Crippen molar-refractivity contribution in [2.24, 2.45) is 0 Å². The first-order valence-corrected chi connectivity index (χ1v) is 10.4. The van der Waals surface area contributed by atoms with Crippen molar-refractivity contribution in [1.82, 2.24) is 19.3 Å². The van der Waals surface area contributed by atoms with Crippen LogP contribution in [0.4, 0.5) is 25.4 Å². The molecule has 0 spiro atoms. The van der Waals surface area contributed by atoms with Gasteiger partial charge in [0.1, 0.15) is 11.4 Å². The number of likely N-dealkylation sites (tertiary alicyclic amines) is 1. The molecule has 1 aliphatic heterocycles. The van der Waals surface area contributed by atoms with Crippen molar-refractivity contribution in [3.63, 3.8) is 0 Å². The molecule has 1 aromatic carbocycles. The molecule has 3 heterocycles. The number of hydrogen-bond acceptors (Lipinski definition) is 5. The molecule has 32 heavy (non-hydrogen) atoms. The highest BCUT2D eigenvalue weighted by Gasteiger charge is 2.19. The van der Waals surface area contributed by atoms with Gasteiger partial charge in [-0.25, -0.2) is 23.9 Å². The van der Waals surface area contributed by atoms with Crippen molar-refractivity contribution >= 4 is 29.3 Å². The molecule has 0 atom stereocenters. The molecule has 1 aliphatic rings. The number of rotatable bonds is 3. The number of aromatic nitrogens is 3. The number of anilines is 2. The van der Waals surface area contributed by atoms with Crippen LogP contribution in [0.1, 0.15) is 33.6 Å². The summed E-state index contributed by atoms with van der Waals surface area (Å²) in [6, 6.07) is 4.16. The van der Waals surface area contributed by atoms with Crippen LogP contribution < -0.4 is 10.6 Å². The molecular formula is C22H25FN6O3. The number of benzene rings is 1. The van der Waals surface area contributed by atoms with E-state index >= 15 is 0 Å². The highest BCUT2D eigenvalue weighted by atomic mass is 19.1. The highest BCUT2D eigenvalue weighted by molar-refractivity contribution is 5.90. The zero-order valence-corrected chi connectivity index (χ0v) is 18.2. The minimum atomic E-state index is -0.628. The molecule has 0 saturated carbocycles. The Hall–Kier alpha value is -3.69. The van der Waals surface area contributed by atoms with Crippen LogP contribution in [0.5, 0.6) is 0 Å². The Morgan fingerprint density at radius 3 is 2.56 bits per heavy atom. The zero-order valence-electron chi connectivity index (χ0n) is 18.2. The van der Waals surface area contributed by atoms with Gasteiger partial charge in [-0.1, -0.05) is 0 Å². The average Bonchev–Trinajstić information content (AvgIpc) is 3.37. The molecule has 0 unspecified atom stereocenters. The first-order valence-electron chi connectivity index (χ1n) is 10.4. The number of urea groups is 1. The van der Waals surface area contributed by atoms with Gasteiger partial charge in [-0.2, -0.15) is 0 Å². The number of fused-ring (bicyclic) bond motifs is 1.